The molecule has 0 atom stereocenters. The third-order valence-corrected chi connectivity index (χ3v) is 3.11. The minimum absolute atomic E-state index is 0.0571. The topological polar surface area (TPSA) is 50.1 Å². The number of halogens is 2. The van der Waals surface area contributed by atoms with Crippen molar-refractivity contribution in [3.8, 4) is 17.6 Å². The molecule has 2 aromatic rings. The number of Topliss-reactive ketones (excluding diaryl/α,β-unsaturated/α-hetero) is 1. The number of hydrogen-bond donors (Lipinski definition) is 0. The third kappa shape index (κ3) is 3.03. The lowest BCUT2D eigenvalue weighted by Gasteiger charge is -2.10. The molecule has 20 heavy (non-hydrogen) atoms. The Hall–Kier alpha value is -2.19. The summed E-state index contributed by atoms with van der Waals surface area (Å²) >= 11 is 3.29. The smallest absolute Gasteiger partial charge is 0.163 e. The number of nitrogens with zero attached hydrogens (tertiary/aromatic N) is 1. The third-order valence-electron chi connectivity index (χ3n) is 2.61. The molecule has 0 unspecified atom stereocenters. The summed E-state index contributed by atoms with van der Waals surface area (Å²) in [5.41, 5.74) is 0.344. The van der Waals surface area contributed by atoms with Crippen LogP contribution in [0.15, 0.2) is 40.9 Å². The summed E-state index contributed by atoms with van der Waals surface area (Å²) in [6, 6.07) is 10.6. The summed E-state index contributed by atoms with van der Waals surface area (Å²) in [4.78, 5) is 11.5. The van der Waals surface area contributed by atoms with Gasteiger partial charge in [0.15, 0.2) is 5.78 Å². The van der Waals surface area contributed by atoms with Gasteiger partial charge in [-0.25, -0.2) is 4.39 Å². The average Bonchev–Trinajstić information content (AvgIpc) is 2.38. The van der Waals surface area contributed by atoms with Gasteiger partial charge in [0.25, 0.3) is 0 Å². The fourth-order valence-corrected chi connectivity index (χ4v) is 1.99. The van der Waals surface area contributed by atoms with E-state index in [1.807, 2.05) is 0 Å². The zero-order valence-corrected chi connectivity index (χ0v) is 12.1. The molecular formula is C15H9BrFNO2. The van der Waals surface area contributed by atoms with E-state index < -0.39 is 5.82 Å². The van der Waals surface area contributed by atoms with E-state index in [9.17, 15) is 9.18 Å². The van der Waals surface area contributed by atoms with Crippen LogP contribution < -0.4 is 4.74 Å². The summed E-state index contributed by atoms with van der Waals surface area (Å²) in [6.45, 7) is 1.43. The fraction of sp³-hybridized carbons (Fsp3) is 0.0667. The van der Waals surface area contributed by atoms with Gasteiger partial charge in [0.05, 0.1) is 11.1 Å². The van der Waals surface area contributed by atoms with Crippen molar-refractivity contribution in [3.05, 3.63) is 57.8 Å². The highest BCUT2D eigenvalue weighted by Crippen LogP contribution is 2.29. The normalized spacial score (nSPS) is 9.90. The van der Waals surface area contributed by atoms with E-state index >= 15 is 0 Å². The highest BCUT2D eigenvalue weighted by Gasteiger charge is 2.11. The van der Waals surface area contributed by atoms with Crippen LogP contribution in [-0.2, 0) is 0 Å². The van der Waals surface area contributed by atoms with Crippen LogP contribution in [0.1, 0.15) is 22.8 Å². The molecule has 0 aromatic heterocycles. The monoisotopic (exact) mass is 333 g/mol. The number of carbonyl (C=O) groups excluding carboxylic acids is 1. The van der Waals surface area contributed by atoms with Gasteiger partial charge in [-0.2, -0.15) is 5.26 Å². The lowest BCUT2D eigenvalue weighted by Crippen LogP contribution is -1.97. The van der Waals surface area contributed by atoms with Crippen LogP contribution in [0.4, 0.5) is 4.39 Å². The molecule has 0 N–H and O–H groups in total. The Morgan fingerprint density at radius 1 is 1.30 bits per heavy atom. The van der Waals surface area contributed by atoms with Crippen LogP contribution in [-0.4, -0.2) is 5.78 Å². The number of carbonyl (C=O) groups is 1. The molecule has 0 radical (unpaired) electrons. The van der Waals surface area contributed by atoms with Gasteiger partial charge >= 0.3 is 0 Å². The van der Waals surface area contributed by atoms with E-state index in [2.05, 4.69) is 15.9 Å². The Morgan fingerprint density at radius 2 is 2.05 bits per heavy atom. The maximum Gasteiger partial charge on any atom is 0.163 e. The van der Waals surface area contributed by atoms with Crippen LogP contribution >= 0.6 is 15.9 Å². The molecule has 0 fully saturated rings. The van der Waals surface area contributed by atoms with Crippen molar-refractivity contribution in [1.29, 1.82) is 5.26 Å². The molecule has 0 heterocycles. The molecule has 3 nitrogen and oxygen atoms in total. The van der Waals surface area contributed by atoms with Crippen molar-refractivity contribution < 1.29 is 13.9 Å². The Kier molecular flexibility index (Phi) is 4.16. The van der Waals surface area contributed by atoms with Crippen molar-refractivity contribution in [2.75, 3.05) is 0 Å². The summed E-state index contributed by atoms with van der Waals surface area (Å²) in [6.07, 6.45) is 0. The molecule has 0 bridgehead atoms. The maximum atomic E-state index is 13.5. The first-order valence-corrected chi connectivity index (χ1v) is 6.48. The molecule has 2 rings (SSSR count). The molecule has 0 aliphatic carbocycles. The van der Waals surface area contributed by atoms with Gasteiger partial charge in [-0.15, -0.1) is 0 Å². The van der Waals surface area contributed by atoms with E-state index in [1.54, 1.807) is 24.3 Å². The van der Waals surface area contributed by atoms with E-state index in [0.717, 1.165) is 10.5 Å². The summed E-state index contributed by atoms with van der Waals surface area (Å²) in [5.74, 6) is -0.260. The molecule has 0 aliphatic rings. The van der Waals surface area contributed by atoms with Crippen LogP contribution in [0.25, 0.3) is 0 Å². The van der Waals surface area contributed by atoms with Crippen molar-refractivity contribution in [2.45, 2.75) is 6.92 Å². The van der Waals surface area contributed by atoms with Gasteiger partial charge in [0.1, 0.15) is 23.4 Å². The second-order valence-electron chi connectivity index (χ2n) is 4.05. The van der Waals surface area contributed by atoms with E-state index in [4.69, 9.17) is 10.00 Å². The van der Waals surface area contributed by atoms with Gasteiger partial charge in [-0.1, -0.05) is 15.9 Å². The van der Waals surface area contributed by atoms with Crippen LogP contribution in [0.2, 0.25) is 0 Å². The molecule has 0 amide bonds. The average molecular weight is 334 g/mol. The summed E-state index contributed by atoms with van der Waals surface area (Å²) in [5, 5.41) is 8.67. The molecule has 2 aromatic carbocycles. The van der Waals surface area contributed by atoms with Crippen molar-refractivity contribution in [2.24, 2.45) is 0 Å². The lowest BCUT2D eigenvalue weighted by molar-refractivity contribution is 0.101. The first-order valence-electron chi connectivity index (χ1n) is 5.69. The fourth-order valence-electron chi connectivity index (χ4n) is 1.65. The van der Waals surface area contributed by atoms with Crippen LogP contribution in [0.3, 0.4) is 0 Å². The van der Waals surface area contributed by atoms with Crippen molar-refractivity contribution >= 4 is 21.7 Å². The predicted molar refractivity (Wildman–Crippen MR) is 75.3 cm³/mol. The number of hydrogen-bond acceptors (Lipinski definition) is 3. The second kappa shape index (κ2) is 5.85. The zero-order valence-electron chi connectivity index (χ0n) is 10.5. The van der Waals surface area contributed by atoms with Crippen molar-refractivity contribution in [3.63, 3.8) is 0 Å². The maximum absolute atomic E-state index is 13.5. The number of ether oxygens (including phenoxy) is 1. The molecule has 100 valence electrons. The second-order valence-corrected chi connectivity index (χ2v) is 4.97. The molecule has 0 saturated heterocycles. The van der Waals surface area contributed by atoms with E-state index in [1.165, 1.54) is 19.1 Å². The summed E-state index contributed by atoms with van der Waals surface area (Å²) in [7, 11) is 0. The van der Waals surface area contributed by atoms with Crippen molar-refractivity contribution in [1.82, 2.24) is 0 Å². The molecule has 0 spiro atoms. The van der Waals surface area contributed by atoms with Gasteiger partial charge < -0.3 is 4.74 Å². The van der Waals surface area contributed by atoms with Gasteiger partial charge in [0, 0.05) is 10.5 Å². The van der Waals surface area contributed by atoms with Gasteiger partial charge in [0.2, 0.25) is 0 Å². The largest absolute Gasteiger partial charge is 0.456 e. The lowest BCUT2D eigenvalue weighted by atomic mass is 10.1. The Balaban J connectivity index is 2.39. The Morgan fingerprint density at radius 3 is 2.65 bits per heavy atom. The van der Waals surface area contributed by atoms with E-state index in [0.29, 0.717) is 11.3 Å². The SMILES string of the molecule is CC(=O)c1ccc(Br)cc1Oc1ccc(C#N)c(F)c1. The number of ketones is 1. The Labute approximate surface area is 123 Å². The molecule has 5 heteroatoms. The number of nitriles is 1. The minimum atomic E-state index is -0.663. The summed E-state index contributed by atoms with van der Waals surface area (Å²) < 4.78 is 19.8. The van der Waals surface area contributed by atoms with Crippen LogP contribution in [0, 0.1) is 17.1 Å². The van der Waals surface area contributed by atoms with Gasteiger partial charge in [-0.3, -0.25) is 4.79 Å². The molecule has 0 aliphatic heterocycles. The number of benzene rings is 2. The first-order chi connectivity index (χ1) is 9.51. The number of rotatable bonds is 3. The zero-order chi connectivity index (χ0) is 14.7. The standard InChI is InChI=1S/C15H9BrFNO2/c1-9(19)13-5-3-11(16)6-15(13)20-12-4-2-10(8-18)14(17)7-12/h2-7H,1H3. The highest BCUT2D eigenvalue weighted by atomic mass is 79.9. The first kappa shape index (κ1) is 14.2. The Bertz CT molecular complexity index is 722. The van der Waals surface area contributed by atoms with Gasteiger partial charge in [-0.05, 0) is 37.3 Å². The molecular weight excluding hydrogens is 325 g/mol. The predicted octanol–water partition coefficient (Wildman–Crippen LogP) is 4.45. The quantitative estimate of drug-likeness (QED) is 0.779. The van der Waals surface area contributed by atoms with Crippen LogP contribution in [0.5, 0.6) is 11.5 Å². The minimum Gasteiger partial charge on any atom is -0.456 e. The molecule has 0 saturated carbocycles. The van der Waals surface area contributed by atoms with E-state index in [-0.39, 0.29) is 17.1 Å². The highest BCUT2D eigenvalue weighted by molar-refractivity contribution is 9.10.